The number of nitrogens with zero attached hydrogens (tertiary/aromatic N) is 3. The van der Waals surface area contributed by atoms with Crippen LogP contribution in [0.3, 0.4) is 0 Å². The van der Waals surface area contributed by atoms with Crippen molar-refractivity contribution in [1.82, 2.24) is 15.4 Å². The number of nitrogens with two attached hydrogens (primary N) is 1. The number of aromatic nitrogens is 4. The molecule has 0 saturated heterocycles. The number of amides is 1. The second-order valence-electron chi connectivity index (χ2n) is 7.30. The number of benzene rings is 1. The predicted molar refractivity (Wildman–Crippen MR) is 106 cm³/mol. The lowest BCUT2D eigenvalue weighted by Crippen LogP contribution is -2.40. The summed E-state index contributed by atoms with van der Waals surface area (Å²) in [6.45, 7) is 2.79. The maximum atomic E-state index is 12.3. The molecule has 0 aliphatic rings. The molecule has 0 radical (unpaired) electrons. The minimum atomic E-state index is -0.437. The van der Waals surface area contributed by atoms with Crippen LogP contribution < -0.4 is 10.5 Å². The van der Waals surface area contributed by atoms with Gasteiger partial charge in [-0.25, -0.2) is 0 Å². The number of nitrogens with one attached hydrogen (secondary N) is 1. The minimum Gasteiger partial charge on any atom is -0.370 e. The first-order valence-electron chi connectivity index (χ1n) is 10.2. The average Bonchev–Trinajstić information content (AvgIpc) is 3.15. The number of hydrogen-bond acceptors (Lipinski definition) is 4. The lowest BCUT2D eigenvalue weighted by molar-refractivity contribution is -0.805. The Morgan fingerprint density at radius 1 is 1.11 bits per heavy atom. The Morgan fingerprint density at radius 2 is 1.86 bits per heavy atom. The third kappa shape index (κ3) is 7.98. The van der Waals surface area contributed by atoms with Crippen molar-refractivity contribution < 1.29 is 14.4 Å². The number of unbranched alkanes of at least 4 members (excludes halogenated alkanes) is 4. The minimum absolute atomic E-state index is 0.0927. The van der Waals surface area contributed by atoms with E-state index < -0.39 is 5.91 Å². The van der Waals surface area contributed by atoms with Crippen LogP contribution in [0.4, 0.5) is 0 Å². The van der Waals surface area contributed by atoms with E-state index >= 15 is 0 Å². The van der Waals surface area contributed by atoms with Gasteiger partial charge in [-0.1, -0.05) is 62.9 Å². The van der Waals surface area contributed by atoms with Crippen LogP contribution in [0.2, 0.25) is 0 Å². The molecule has 0 bridgehead atoms. The largest absolute Gasteiger partial charge is 0.370 e. The number of primary amides is 1. The normalized spacial score (nSPS) is 12.0. The molecular weight excluding hydrogens is 354 g/mol. The van der Waals surface area contributed by atoms with Crippen molar-refractivity contribution >= 4 is 11.7 Å². The van der Waals surface area contributed by atoms with Crippen LogP contribution in [0.25, 0.3) is 0 Å². The smallest absolute Gasteiger partial charge is 0.260 e. The zero-order valence-electron chi connectivity index (χ0n) is 16.8. The number of carbonyl (C=O) groups is 2. The Balaban J connectivity index is 1.88. The van der Waals surface area contributed by atoms with Crippen molar-refractivity contribution in [3.8, 4) is 0 Å². The first-order chi connectivity index (χ1) is 13.6. The lowest BCUT2D eigenvalue weighted by atomic mass is 9.95. The van der Waals surface area contributed by atoms with Gasteiger partial charge in [0.15, 0.2) is 0 Å². The third-order valence-electron chi connectivity index (χ3n) is 4.81. The molecular formula is C21H32N5O2+. The van der Waals surface area contributed by atoms with Gasteiger partial charge in [0, 0.05) is 25.7 Å². The summed E-state index contributed by atoms with van der Waals surface area (Å²) < 4.78 is 0. The monoisotopic (exact) mass is 386 g/mol. The van der Waals surface area contributed by atoms with Crippen molar-refractivity contribution in [2.75, 3.05) is 0 Å². The number of rotatable bonds is 14. The van der Waals surface area contributed by atoms with E-state index in [1.165, 1.54) is 18.4 Å². The van der Waals surface area contributed by atoms with Gasteiger partial charge in [-0.05, 0) is 21.9 Å². The van der Waals surface area contributed by atoms with E-state index in [1.54, 1.807) is 4.80 Å². The molecule has 1 atom stereocenters. The van der Waals surface area contributed by atoms with Crippen LogP contribution >= 0.6 is 0 Å². The van der Waals surface area contributed by atoms with E-state index in [4.69, 9.17) is 5.73 Å². The number of carbonyl (C=O) groups excluding carboxylic acids is 2. The summed E-state index contributed by atoms with van der Waals surface area (Å²) >= 11 is 0. The highest BCUT2D eigenvalue weighted by molar-refractivity contribution is 5.81. The second-order valence-corrected chi connectivity index (χ2v) is 7.30. The zero-order valence-corrected chi connectivity index (χ0v) is 16.8. The van der Waals surface area contributed by atoms with Crippen molar-refractivity contribution in [3.63, 3.8) is 0 Å². The molecule has 0 unspecified atom stereocenters. The highest BCUT2D eigenvalue weighted by Crippen LogP contribution is 2.21. The molecule has 1 aromatic heterocycles. The fourth-order valence-corrected chi connectivity index (χ4v) is 3.24. The van der Waals surface area contributed by atoms with Gasteiger partial charge in [0.25, 0.3) is 5.82 Å². The molecule has 0 fully saturated rings. The number of ketones is 1. The molecule has 0 aliphatic carbocycles. The van der Waals surface area contributed by atoms with Gasteiger partial charge in [0.2, 0.25) is 5.91 Å². The summed E-state index contributed by atoms with van der Waals surface area (Å²) in [7, 11) is 0. The summed E-state index contributed by atoms with van der Waals surface area (Å²) in [6.07, 6.45) is 7.24. The summed E-state index contributed by atoms with van der Waals surface area (Å²) in [5.41, 5.74) is 6.59. The van der Waals surface area contributed by atoms with Crippen molar-refractivity contribution in [1.29, 1.82) is 0 Å². The molecule has 2 aromatic rings. The van der Waals surface area contributed by atoms with Crippen molar-refractivity contribution in [3.05, 3.63) is 41.7 Å². The zero-order chi connectivity index (χ0) is 20.2. The molecule has 7 nitrogen and oxygen atoms in total. The molecule has 0 saturated carbocycles. The SMILES string of the molecule is CCCCCCCC(=O)C[C@H](CC(N)=O)c1n[n+](CCc2ccccc2)n[nH]1. The maximum absolute atomic E-state index is 12.3. The first-order valence-corrected chi connectivity index (χ1v) is 10.2. The van der Waals surface area contributed by atoms with Gasteiger partial charge in [-0.3, -0.25) is 9.59 Å². The van der Waals surface area contributed by atoms with Crippen LogP contribution in [0.1, 0.15) is 75.6 Å². The number of aryl methyl sites for hydroxylation is 2. The van der Waals surface area contributed by atoms with Gasteiger partial charge < -0.3 is 5.73 Å². The Labute approximate surface area is 166 Å². The Kier molecular flexibility index (Phi) is 9.31. The molecule has 1 amide bonds. The molecule has 3 N–H and O–H groups in total. The molecule has 152 valence electrons. The van der Waals surface area contributed by atoms with Gasteiger partial charge in [0.1, 0.15) is 17.5 Å². The van der Waals surface area contributed by atoms with Crippen LogP contribution in [0.15, 0.2) is 30.3 Å². The van der Waals surface area contributed by atoms with E-state index in [-0.39, 0.29) is 24.5 Å². The average molecular weight is 387 g/mol. The van der Waals surface area contributed by atoms with Crippen LogP contribution in [-0.4, -0.2) is 27.1 Å². The predicted octanol–water partition coefficient (Wildman–Crippen LogP) is 2.61. The van der Waals surface area contributed by atoms with Crippen LogP contribution in [-0.2, 0) is 22.6 Å². The van der Waals surface area contributed by atoms with Crippen molar-refractivity contribution in [2.24, 2.45) is 5.73 Å². The highest BCUT2D eigenvalue weighted by atomic mass is 16.1. The number of H-pyrrole nitrogens is 1. The molecule has 0 spiro atoms. The quantitative estimate of drug-likeness (QED) is 0.384. The Hall–Kier alpha value is -2.57. The first kappa shape index (κ1) is 21.7. The highest BCUT2D eigenvalue weighted by Gasteiger charge is 2.26. The fourth-order valence-electron chi connectivity index (χ4n) is 3.24. The topological polar surface area (TPSA) is 106 Å². The van der Waals surface area contributed by atoms with E-state index in [2.05, 4.69) is 34.5 Å². The molecule has 1 aromatic carbocycles. The van der Waals surface area contributed by atoms with Gasteiger partial charge in [0.05, 0.1) is 5.92 Å². The van der Waals surface area contributed by atoms with E-state index in [9.17, 15) is 9.59 Å². The summed E-state index contributed by atoms with van der Waals surface area (Å²) in [5, 5.41) is 11.5. The third-order valence-corrected chi connectivity index (χ3v) is 4.81. The van der Waals surface area contributed by atoms with Gasteiger partial charge in [-0.15, -0.1) is 5.10 Å². The van der Waals surface area contributed by atoms with E-state index in [1.807, 2.05) is 18.2 Å². The van der Waals surface area contributed by atoms with Crippen molar-refractivity contribution in [2.45, 2.75) is 77.2 Å². The van der Waals surface area contributed by atoms with Crippen LogP contribution in [0.5, 0.6) is 0 Å². The van der Waals surface area contributed by atoms with Crippen LogP contribution in [0, 0.1) is 0 Å². The van der Waals surface area contributed by atoms with Gasteiger partial charge in [-0.2, -0.15) is 0 Å². The molecule has 28 heavy (non-hydrogen) atoms. The Bertz CT molecular complexity index is 729. The molecule has 1 heterocycles. The van der Waals surface area contributed by atoms with E-state index in [0.29, 0.717) is 18.8 Å². The standard InChI is InChI=1S/C21H31N5O2/c1-2-3-4-5-9-12-19(27)15-18(16-20(22)28)21-23-25-26(24-21)14-13-17-10-7-6-8-11-17/h6-8,10-11,18H,2-5,9,12-16H2,1H3,(H2,22,28)/p+1/t18-/m1/s1. The summed E-state index contributed by atoms with van der Waals surface area (Å²) in [4.78, 5) is 25.4. The second kappa shape index (κ2) is 12.0. The molecule has 0 aliphatic heterocycles. The molecule has 2 rings (SSSR count). The lowest BCUT2D eigenvalue weighted by Gasteiger charge is -2.08. The Morgan fingerprint density at radius 3 is 2.57 bits per heavy atom. The summed E-state index contributed by atoms with van der Waals surface area (Å²) in [5.74, 6) is -0.0831. The maximum Gasteiger partial charge on any atom is 0.260 e. The van der Waals surface area contributed by atoms with Gasteiger partial charge >= 0.3 is 0 Å². The number of hydrogen-bond donors (Lipinski definition) is 2. The number of Topliss-reactive ketones (excluding diaryl/α,β-unsaturated/α-hetero) is 1. The fraction of sp³-hybridized carbons (Fsp3) is 0.571. The number of aromatic amines is 1. The van der Waals surface area contributed by atoms with E-state index in [0.717, 1.165) is 25.7 Å². The summed E-state index contributed by atoms with van der Waals surface area (Å²) in [6, 6.07) is 10.1. The number of tetrazole rings is 1. The molecule has 7 heteroatoms.